The number of H-pyrrole nitrogens is 1. The van der Waals surface area contributed by atoms with Crippen LogP contribution in [0.1, 0.15) is 16.2 Å². The number of carbonyl (C=O) groups is 2. The molecule has 4 rings (SSSR count). The van der Waals surface area contributed by atoms with Gasteiger partial charge in [-0.25, -0.2) is 0 Å². The highest BCUT2D eigenvalue weighted by atomic mass is 35.5. The Kier molecular flexibility index (Phi) is 5.50. The molecule has 4 heterocycles. The third kappa shape index (κ3) is 3.72. The van der Waals surface area contributed by atoms with Crippen molar-refractivity contribution in [2.24, 2.45) is 0 Å². The maximum atomic E-state index is 13.0. The topological polar surface area (TPSA) is 119 Å². The van der Waals surface area contributed by atoms with Crippen LogP contribution in [0.5, 0.6) is 0 Å². The van der Waals surface area contributed by atoms with Crippen LogP contribution in [0.3, 0.4) is 0 Å². The van der Waals surface area contributed by atoms with Crippen LogP contribution in [0, 0.1) is 0 Å². The van der Waals surface area contributed by atoms with E-state index in [0.717, 1.165) is 4.70 Å². The first kappa shape index (κ1) is 20.1. The summed E-state index contributed by atoms with van der Waals surface area (Å²) in [6, 6.07) is 4.16. The van der Waals surface area contributed by atoms with Crippen LogP contribution >= 0.6 is 34.5 Å². The normalized spacial score (nSPS) is 17.4. The van der Waals surface area contributed by atoms with Gasteiger partial charge in [0.25, 0.3) is 5.91 Å². The summed E-state index contributed by atoms with van der Waals surface area (Å²) in [5, 5.41) is 22.0. The Labute approximate surface area is 179 Å². The number of β-amino-alcohol motifs (C(OH)–C–C–N with tert-alkyl or cyclic N) is 1. The average molecular weight is 455 g/mol. The Morgan fingerprint density at radius 3 is 3.00 bits per heavy atom. The number of aromatic amines is 1. The summed E-state index contributed by atoms with van der Waals surface area (Å²) >= 11 is 13.4. The van der Waals surface area contributed by atoms with E-state index in [1.165, 1.54) is 16.2 Å². The van der Waals surface area contributed by atoms with E-state index in [2.05, 4.69) is 15.3 Å². The van der Waals surface area contributed by atoms with Gasteiger partial charge >= 0.3 is 0 Å². The number of anilines is 1. The van der Waals surface area contributed by atoms with E-state index in [-0.39, 0.29) is 24.6 Å². The predicted octanol–water partition coefficient (Wildman–Crippen LogP) is 1.97. The lowest BCUT2D eigenvalue weighted by atomic mass is 10.0. The Bertz CT molecular complexity index is 1100. The minimum atomic E-state index is -1.11. The number of pyridine rings is 1. The number of amides is 2. The van der Waals surface area contributed by atoms with E-state index in [9.17, 15) is 14.7 Å². The van der Waals surface area contributed by atoms with Gasteiger partial charge in [-0.2, -0.15) is 0 Å². The number of aliphatic hydroxyl groups is 2. The number of hydrogen-bond acceptors (Lipinski definition) is 6. The Hall–Kier alpha value is -2.17. The summed E-state index contributed by atoms with van der Waals surface area (Å²) in [5.74, 6) is -0.859. The molecule has 4 N–H and O–H groups in total. The van der Waals surface area contributed by atoms with Crippen LogP contribution in [0.15, 0.2) is 24.4 Å². The summed E-state index contributed by atoms with van der Waals surface area (Å²) in [4.78, 5) is 34.2. The number of fused-ring (bicyclic) bond motifs is 2. The first-order valence-corrected chi connectivity index (χ1v) is 10.3. The lowest BCUT2D eigenvalue weighted by Gasteiger charge is -2.34. The van der Waals surface area contributed by atoms with Gasteiger partial charge in [0.15, 0.2) is 0 Å². The third-order valence-electron chi connectivity index (χ3n) is 4.65. The maximum Gasteiger partial charge on any atom is 0.268 e. The number of carbonyl (C=O) groups excluding carboxylic acids is 2. The van der Waals surface area contributed by atoms with Crippen molar-refractivity contribution in [2.45, 2.75) is 18.6 Å². The number of rotatable bonds is 5. The summed E-state index contributed by atoms with van der Waals surface area (Å²) in [7, 11) is 0. The standard InChI is InChI=1S/C18H16Cl2N4O4S/c19-14-15-13(29-16(14)20)5-10(22-15)17(27)23-11-4-9-12(2-1-3-21-9)24(18(11)28)6-8(26)7-25/h1-3,5,8,11,22,25-26H,4,6-7H2,(H,23,27)/t8-,11?/m1/s1. The second kappa shape index (κ2) is 7.92. The second-order valence-electron chi connectivity index (χ2n) is 6.60. The summed E-state index contributed by atoms with van der Waals surface area (Å²) in [5.41, 5.74) is 2.00. The molecule has 3 aromatic heterocycles. The molecule has 0 spiro atoms. The van der Waals surface area contributed by atoms with Crippen LogP contribution in [0.25, 0.3) is 10.2 Å². The summed E-state index contributed by atoms with van der Waals surface area (Å²) in [6.07, 6.45) is 0.705. The van der Waals surface area contributed by atoms with E-state index in [4.69, 9.17) is 28.3 Å². The van der Waals surface area contributed by atoms with Crippen molar-refractivity contribution < 1.29 is 19.8 Å². The Morgan fingerprint density at radius 1 is 1.48 bits per heavy atom. The van der Waals surface area contributed by atoms with Crippen molar-refractivity contribution >= 4 is 62.3 Å². The predicted molar refractivity (Wildman–Crippen MR) is 111 cm³/mol. The van der Waals surface area contributed by atoms with E-state index in [1.807, 2.05) is 0 Å². The average Bonchev–Trinajstić information content (AvgIpc) is 3.24. The Balaban J connectivity index is 1.58. The molecule has 8 nitrogen and oxygen atoms in total. The molecule has 1 unspecified atom stereocenters. The van der Waals surface area contributed by atoms with Crippen LogP contribution in [0.4, 0.5) is 5.69 Å². The SMILES string of the molecule is O=C(NC1Cc2ncccc2N(C[C@@H](O)CO)C1=O)c1cc2sc(Cl)c(Cl)c2[nH]1. The number of aromatic nitrogens is 2. The zero-order valence-corrected chi connectivity index (χ0v) is 17.2. The van der Waals surface area contributed by atoms with Gasteiger partial charge < -0.3 is 25.4 Å². The molecule has 0 fully saturated rings. The zero-order chi connectivity index (χ0) is 20.7. The molecule has 2 amide bonds. The zero-order valence-electron chi connectivity index (χ0n) is 14.9. The van der Waals surface area contributed by atoms with E-state index in [1.54, 1.807) is 24.4 Å². The van der Waals surface area contributed by atoms with Crippen LogP contribution in [-0.4, -0.2) is 57.3 Å². The third-order valence-corrected chi connectivity index (χ3v) is 6.58. The van der Waals surface area contributed by atoms with Gasteiger partial charge in [0.1, 0.15) is 16.1 Å². The van der Waals surface area contributed by atoms with Gasteiger partial charge in [0.2, 0.25) is 5.91 Å². The lowest BCUT2D eigenvalue weighted by molar-refractivity contribution is -0.121. The van der Waals surface area contributed by atoms with Crippen molar-refractivity contribution in [3.63, 3.8) is 0 Å². The smallest absolute Gasteiger partial charge is 0.268 e. The minimum absolute atomic E-state index is 0.104. The van der Waals surface area contributed by atoms with Gasteiger partial charge in [-0.3, -0.25) is 14.6 Å². The molecule has 0 bridgehead atoms. The molecule has 152 valence electrons. The maximum absolute atomic E-state index is 13.0. The molecule has 3 aromatic rings. The van der Waals surface area contributed by atoms with Crippen LogP contribution in [0.2, 0.25) is 9.36 Å². The van der Waals surface area contributed by atoms with Crippen molar-refractivity contribution in [3.05, 3.63) is 45.1 Å². The highest BCUT2D eigenvalue weighted by Gasteiger charge is 2.35. The van der Waals surface area contributed by atoms with E-state index in [0.29, 0.717) is 26.3 Å². The number of halogens is 2. The fourth-order valence-electron chi connectivity index (χ4n) is 3.27. The van der Waals surface area contributed by atoms with Crippen molar-refractivity contribution in [2.75, 3.05) is 18.1 Å². The van der Waals surface area contributed by atoms with Gasteiger partial charge in [0.05, 0.1) is 45.9 Å². The lowest BCUT2D eigenvalue weighted by Crippen LogP contribution is -2.55. The number of nitrogens with zero attached hydrogens (tertiary/aromatic N) is 2. The summed E-state index contributed by atoms with van der Waals surface area (Å²) < 4.78 is 1.17. The molecule has 0 aromatic carbocycles. The summed E-state index contributed by atoms with van der Waals surface area (Å²) in [6.45, 7) is -0.592. The molecular weight excluding hydrogens is 439 g/mol. The van der Waals surface area contributed by atoms with E-state index < -0.39 is 24.7 Å². The molecule has 0 radical (unpaired) electrons. The highest BCUT2D eigenvalue weighted by molar-refractivity contribution is 7.23. The highest BCUT2D eigenvalue weighted by Crippen LogP contribution is 2.38. The van der Waals surface area contributed by atoms with Crippen LogP contribution in [-0.2, 0) is 11.2 Å². The largest absolute Gasteiger partial charge is 0.394 e. The molecule has 0 saturated heterocycles. The number of nitrogens with one attached hydrogen (secondary N) is 2. The number of thiophene rings is 1. The first-order valence-electron chi connectivity index (χ1n) is 8.70. The fraction of sp³-hybridized carbons (Fsp3) is 0.278. The minimum Gasteiger partial charge on any atom is -0.394 e. The quantitative estimate of drug-likeness (QED) is 0.469. The Morgan fingerprint density at radius 2 is 2.28 bits per heavy atom. The molecule has 29 heavy (non-hydrogen) atoms. The van der Waals surface area contributed by atoms with Crippen molar-refractivity contribution in [1.82, 2.24) is 15.3 Å². The monoisotopic (exact) mass is 454 g/mol. The molecule has 2 atom stereocenters. The van der Waals surface area contributed by atoms with Crippen molar-refractivity contribution in [3.8, 4) is 0 Å². The van der Waals surface area contributed by atoms with Gasteiger partial charge in [-0.1, -0.05) is 23.2 Å². The van der Waals surface area contributed by atoms with E-state index >= 15 is 0 Å². The van der Waals surface area contributed by atoms with Gasteiger partial charge in [-0.15, -0.1) is 11.3 Å². The fourth-order valence-corrected chi connectivity index (χ4v) is 4.75. The molecular formula is C18H16Cl2N4O4S. The van der Waals surface area contributed by atoms with Crippen LogP contribution < -0.4 is 10.2 Å². The number of aliphatic hydroxyl groups excluding tert-OH is 2. The molecule has 1 aliphatic rings. The molecule has 11 heteroatoms. The number of hydrogen-bond donors (Lipinski definition) is 4. The van der Waals surface area contributed by atoms with Crippen molar-refractivity contribution in [1.29, 1.82) is 0 Å². The molecule has 1 aliphatic heterocycles. The second-order valence-corrected chi connectivity index (χ2v) is 8.63. The van der Waals surface area contributed by atoms with Gasteiger partial charge in [-0.05, 0) is 18.2 Å². The van der Waals surface area contributed by atoms with Gasteiger partial charge in [0, 0.05) is 12.6 Å². The first-order chi connectivity index (χ1) is 13.9. The molecule has 0 saturated carbocycles. The molecule has 0 aliphatic carbocycles.